The van der Waals surface area contributed by atoms with Crippen LogP contribution in [0.1, 0.15) is 45.6 Å². The fourth-order valence-corrected chi connectivity index (χ4v) is 8.18. The summed E-state index contributed by atoms with van der Waals surface area (Å²) in [5.41, 5.74) is 0.574. The normalized spacial score (nSPS) is 17.2. The first-order valence-corrected chi connectivity index (χ1v) is 19.5. The highest BCUT2D eigenvalue weighted by atomic mass is 32.2. The lowest BCUT2D eigenvalue weighted by Gasteiger charge is -2.42. The number of imidazole rings is 1. The molecule has 2 unspecified atom stereocenters. The van der Waals surface area contributed by atoms with E-state index in [0.29, 0.717) is 64.6 Å². The van der Waals surface area contributed by atoms with Gasteiger partial charge < -0.3 is 18.9 Å². The van der Waals surface area contributed by atoms with Crippen LogP contribution < -0.4 is 9.64 Å². The molecule has 8 rings (SSSR count). The molecule has 0 spiro atoms. The van der Waals surface area contributed by atoms with E-state index in [1.807, 2.05) is 30.2 Å². The van der Waals surface area contributed by atoms with Crippen LogP contribution in [0.2, 0.25) is 0 Å². The third-order valence-electron chi connectivity index (χ3n) is 10.1. The molecule has 1 N–H and O–H groups in total. The molecule has 3 aromatic carbocycles. The zero-order chi connectivity index (χ0) is 39.5. The van der Waals surface area contributed by atoms with Gasteiger partial charge in [0, 0.05) is 36.8 Å². The number of ether oxygens (including phenoxy) is 2. The van der Waals surface area contributed by atoms with E-state index in [0.717, 1.165) is 12.8 Å². The lowest BCUT2D eigenvalue weighted by atomic mass is 9.96. The monoisotopic (exact) mass is 781 g/mol. The van der Waals surface area contributed by atoms with Crippen molar-refractivity contribution in [2.75, 3.05) is 24.6 Å². The van der Waals surface area contributed by atoms with Crippen LogP contribution >= 0.6 is 0 Å². The number of benzene rings is 3. The van der Waals surface area contributed by atoms with E-state index in [1.54, 1.807) is 41.6 Å². The van der Waals surface area contributed by atoms with E-state index >= 15 is 4.39 Å². The first-order chi connectivity index (χ1) is 26.7. The van der Waals surface area contributed by atoms with Crippen molar-refractivity contribution in [2.24, 2.45) is 0 Å². The number of anilines is 1. The first-order valence-electron chi connectivity index (χ1n) is 18.1. The smallest absolute Gasteiger partial charge is 0.410 e. The minimum Gasteiger partial charge on any atom is -0.463 e. The second-order valence-electron chi connectivity index (χ2n) is 14.9. The second-order valence-corrected chi connectivity index (χ2v) is 16.3. The fraction of sp³-hybridized carbons (Fsp3) is 0.325. The number of nitrogens with zero attached hydrogens (tertiary/aromatic N) is 7. The Morgan fingerprint density at radius 2 is 1.82 bits per heavy atom. The van der Waals surface area contributed by atoms with Gasteiger partial charge in [0.15, 0.2) is 5.82 Å². The standard InChI is InChI=1S/C40H37F2N7O6S/c1-5-27-30(41)14-10-23-8-6-9-28(33(23)27)35-34(42)36-29(19-43-35)37(48-20-24-11-12-25(21-48)49(24)39(50)55-40(2,3)4)46-38(45-36)54-17-7-16-47-22-44-31-18-26(56(51,52)53)13-15-32(31)47/h1,6,8-10,13-15,18-19,22,24-25H,7,11-12,16-17,20-21H2,2-4H3,(H,51,52,53). The number of rotatable bonds is 8. The molecule has 16 heteroatoms. The number of amides is 1. The minimum absolute atomic E-state index is 0.00493. The fourth-order valence-electron chi connectivity index (χ4n) is 7.68. The van der Waals surface area contributed by atoms with Gasteiger partial charge in [0.1, 0.15) is 28.4 Å². The molecule has 0 aliphatic carbocycles. The van der Waals surface area contributed by atoms with Crippen molar-refractivity contribution in [3.63, 3.8) is 0 Å². The Balaban J connectivity index is 1.14. The van der Waals surface area contributed by atoms with Crippen molar-refractivity contribution >= 4 is 54.7 Å². The van der Waals surface area contributed by atoms with Gasteiger partial charge in [-0.25, -0.2) is 18.6 Å². The highest BCUT2D eigenvalue weighted by molar-refractivity contribution is 7.85. The second kappa shape index (κ2) is 14.0. The van der Waals surface area contributed by atoms with Crippen LogP contribution in [0.4, 0.5) is 19.4 Å². The highest BCUT2D eigenvalue weighted by Crippen LogP contribution is 2.39. The summed E-state index contributed by atoms with van der Waals surface area (Å²) < 4.78 is 78.1. The van der Waals surface area contributed by atoms with Crippen LogP contribution in [0, 0.1) is 24.0 Å². The molecule has 5 heterocycles. The summed E-state index contributed by atoms with van der Waals surface area (Å²) in [6, 6.07) is 11.7. The molecule has 3 aromatic heterocycles. The number of aryl methyl sites for hydroxylation is 1. The molecular formula is C40H37F2N7O6S. The Morgan fingerprint density at radius 1 is 1.05 bits per heavy atom. The molecule has 2 aliphatic rings. The maximum absolute atomic E-state index is 17.0. The Bertz CT molecular complexity index is 2700. The van der Waals surface area contributed by atoms with Gasteiger partial charge in [-0.15, -0.1) is 6.42 Å². The van der Waals surface area contributed by atoms with Gasteiger partial charge in [0.2, 0.25) is 0 Å². The molecular weight excluding hydrogens is 745 g/mol. The average Bonchev–Trinajstić information content (AvgIpc) is 3.68. The van der Waals surface area contributed by atoms with E-state index in [-0.39, 0.29) is 52.5 Å². The molecule has 2 fully saturated rings. The number of pyridine rings is 1. The van der Waals surface area contributed by atoms with Gasteiger partial charge in [0.25, 0.3) is 10.1 Å². The maximum atomic E-state index is 17.0. The largest absolute Gasteiger partial charge is 0.463 e. The number of fused-ring (bicyclic) bond motifs is 5. The molecule has 288 valence electrons. The van der Waals surface area contributed by atoms with Gasteiger partial charge in [-0.3, -0.25) is 14.4 Å². The van der Waals surface area contributed by atoms with Crippen LogP contribution in [0.15, 0.2) is 66.0 Å². The molecule has 2 atom stereocenters. The maximum Gasteiger partial charge on any atom is 0.410 e. The van der Waals surface area contributed by atoms with Crippen molar-refractivity contribution < 1.29 is 36.0 Å². The van der Waals surface area contributed by atoms with Crippen LogP contribution in [0.5, 0.6) is 6.01 Å². The summed E-state index contributed by atoms with van der Waals surface area (Å²) in [6.45, 7) is 6.85. The van der Waals surface area contributed by atoms with Crippen molar-refractivity contribution in [1.82, 2.24) is 29.4 Å². The Kier molecular flexibility index (Phi) is 9.24. The van der Waals surface area contributed by atoms with Crippen molar-refractivity contribution in [2.45, 2.75) is 69.2 Å². The zero-order valence-corrected chi connectivity index (χ0v) is 31.6. The summed E-state index contributed by atoms with van der Waals surface area (Å²) in [6.07, 6.45) is 10.4. The third-order valence-corrected chi connectivity index (χ3v) is 10.9. The molecule has 2 saturated heterocycles. The van der Waals surface area contributed by atoms with E-state index in [4.69, 9.17) is 20.9 Å². The quantitative estimate of drug-likeness (QED) is 0.0991. The van der Waals surface area contributed by atoms with Crippen molar-refractivity contribution in [1.29, 1.82) is 0 Å². The van der Waals surface area contributed by atoms with Gasteiger partial charge in [-0.2, -0.15) is 18.4 Å². The van der Waals surface area contributed by atoms with Crippen LogP contribution in [0.25, 0.3) is 44.0 Å². The van der Waals surface area contributed by atoms with Crippen molar-refractivity contribution in [3.05, 3.63) is 78.3 Å². The van der Waals surface area contributed by atoms with E-state index in [9.17, 15) is 22.2 Å². The number of carbonyl (C=O) groups is 1. The first kappa shape index (κ1) is 37.0. The molecule has 1 amide bonds. The molecule has 13 nitrogen and oxygen atoms in total. The number of terminal acetylenes is 1. The molecule has 2 bridgehead atoms. The number of aromatic nitrogens is 5. The third kappa shape index (κ3) is 6.81. The van der Waals surface area contributed by atoms with E-state index in [1.165, 1.54) is 24.4 Å². The highest BCUT2D eigenvalue weighted by Gasteiger charge is 2.45. The summed E-state index contributed by atoms with van der Waals surface area (Å²) in [5.74, 6) is 1.43. The summed E-state index contributed by atoms with van der Waals surface area (Å²) >= 11 is 0. The predicted molar refractivity (Wildman–Crippen MR) is 205 cm³/mol. The number of piperazine rings is 1. The Morgan fingerprint density at radius 3 is 2.54 bits per heavy atom. The number of hydrogen-bond donors (Lipinski definition) is 1. The molecule has 2 aliphatic heterocycles. The Labute approximate surface area is 321 Å². The summed E-state index contributed by atoms with van der Waals surface area (Å²) in [4.78, 5) is 34.9. The van der Waals surface area contributed by atoms with Crippen LogP contribution in [0.3, 0.4) is 0 Å². The minimum atomic E-state index is -4.38. The predicted octanol–water partition coefficient (Wildman–Crippen LogP) is 6.76. The lowest BCUT2D eigenvalue weighted by molar-refractivity contribution is 0.0122. The lowest BCUT2D eigenvalue weighted by Crippen LogP contribution is -2.57. The summed E-state index contributed by atoms with van der Waals surface area (Å²) in [7, 11) is -4.38. The number of carbonyl (C=O) groups excluding carboxylic acids is 1. The number of halogens is 2. The molecule has 0 radical (unpaired) electrons. The average molecular weight is 782 g/mol. The molecule has 6 aromatic rings. The SMILES string of the molecule is C#Cc1c(F)ccc2cccc(-c3ncc4c(N5CC6CCC(C5)N6C(=O)OC(C)(C)C)nc(OCCCn5cnc6cc(S(=O)(=O)O)ccc65)nc4c3F)c12. The van der Waals surface area contributed by atoms with Gasteiger partial charge in [0.05, 0.1) is 51.9 Å². The van der Waals surface area contributed by atoms with E-state index in [2.05, 4.69) is 20.9 Å². The molecule has 0 saturated carbocycles. The van der Waals surface area contributed by atoms with Crippen LogP contribution in [-0.4, -0.2) is 85.8 Å². The Hall–Kier alpha value is -5.92. The van der Waals surface area contributed by atoms with E-state index < -0.39 is 27.4 Å². The van der Waals surface area contributed by atoms with Crippen molar-refractivity contribution in [3.8, 4) is 29.6 Å². The van der Waals surface area contributed by atoms with Crippen LogP contribution in [-0.2, 0) is 21.4 Å². The van der Waals surface area contributed by atoms with Gasteiger partial charge in [-0.1, -0.05) is 30.2 Å². The molecule has 56 heavy (non-hydrogen) atoms. The van der Waals surface area contributed by atoms with Gasteiger partial charge in [-0.05, 0) is 69.7 Å². The zero-order valence-electron chi connectivity index (χ0n) is 30.7. The summed E-state index contributed by atoms with van der Waals surface area (Å²) in [5, 5.41) is 1.30. The van der Waals surface area contributed by atoms with Gasteiger partial charge >= 0.3 is 12.1 Å². The number of hydrogen-bond acceptors (Lipinski definition) is 10. The topological polar surface area (TPSA) is 153 Å².